The average Bonchev–Trinajstić information content (AvgIpc) is 3.53. The summed E-state index contributed by atoms with van der Waals surface area (Å²) < 4.78 is 1.96. The van der Waals surface area contributed by atoms with Crippen molar-refractivity contribution >= 4 is 27.1 Å². The molecule has 0 saturated heterocycles. The molecule has 0 unspecified atom stereocenters. The standard InChI is InChI=1S/C44H29N3/c1-3-13-30(14-4-1)34-17-7-8-18-35(34)31-23-25-33(26-24-31)42-40-29-45-27-28-47(40)46-44(42)43-38-21-11-9-19-36(38)41(32-15-5-2-6-16-32)37-20-10-12-22-39(37)43/h1-29H. The zero-order chi connectivity index (χ0) is 31.2. The lowest BCUT2D eigenvalue weighted by Gasteiger charge is -2.17. The van der Waals surface area contributed by atoms with E-state index in [2.05, 4.69) is 163 Å². The summed E-state index contributed by atoms with van der Waals surface area (Å²) in [6.45, 7) is 0. The maximum atomic E-state index is 5.27. The van der Waals surface area contributed by atoms with Crippen molar-refractivity contribution in [3.05, 3.63) is 176 Å². The number of rotatable bonds is 5. The number of hydrogen-bond donors (Lipinski definition) is 0. The third kappa shape index (κ3) is 4.52. The van der Waals surface area contributed by atoms with Gasteiger partial charge in [0.2, 0.25) is 0 Å². The van der Waals surface area contributed by atoms with E-state index in [-0.39, 0.29) is 0 Å². The second kappa shape index (κ2) is 11.2. The zero-order valence-electron chi connectivity index (χ0n) is 25.6. The van der Waals surface area contributed by atoms with Gasteiger partial charge in [-0.25, -0.2) is 4.52 Å². The molecule has 0 N–H and O–H groups in total. The Morgan fingerprint density at radius 2 is 0.830 bits per heavy atom. The Morgan fingerprint density at radius 1 is 0.383 bits per heavy atom. The highest BCUT2D eigenvalue weighted by Crippen LogP contribution is 2.46. The first-order valence-electron chi connectivity index (χ1n) is 15.9. The van der Waals surface area contributed by atoms with Gasteiger partial charge in [-0.05, 0) is 60.5 Å². The smallest absolute Gasteiger partial charge is 0.102 e. The molecule has 7 aromatic carbocycles. The van der Waals surface area contributed by atoms with Crippen molar-refractivity contribution in [1.29, 1.82) is 0 Å². The molecule has 9 aromatic rings. The zero-order valence-corrected chi connectivity index (χ0v) is 25.6. The van der Waals surface area contributed by atoms with Crippen molar-refractivity contribution in [2.24, 2.45) is 0 Å². The van der Waals surface area contributed by atoms with Crippen LogP contribution < -0.4 is 0 Å². The molecule has 0 fully saturated rings. The van der Waals surface area contributed by atoms with Gasteiger partial charge in [-0.3, -0.25) is 4.98 Å². The van der Waals surface area contributed by atoms with Gasteiger partial charge in [0.25, 0.3) is 0 Å². The predicted molar refractivity (Wildman–Crippen MR) is 195 cm³/mol. The Bertz CT molecular complexity index is 2490. The minimum absolute atomic E-state index is 0.947. The molecule has 2 aromatic heterocycles. The summed E-state index contributed by atoms with van der Waals surface area (Å²) >= 11 is 0. The van der Waals surface area contributed by atoms with Crippen molar-refractivity contribution in [3.63, 3.8) is 0 Å². The maximum Gasteiger partial charge on any atom is 0.102 e. The normalized spacial score (nSPS) is 11.4. The number of hydrogen-bond acceptors (Lipinski definition) is 2. The first-order chi connectivity index (χ1) is 23.3. The van der Waals surface area contributed by atoms with Crippen LogP contribution in [0.5, 0.6) is 0 Å². The highest BCUT2D eigenvalue weighted by molar-refractivity contribution is 6.22. The Morgan fingerprint density at radius 3 is 1.43 bits per heavy atom. The molecule has 0 atom stereocenters. The molecule has 0 spiro atoms. The van der Waals surface area contributed by atoms with Gasteiger partial charge in [-0.15, -0.1) is 0 Å². The second-order valence-corrected chi connectivity index (χ2v) is 11.8. The average molecular weight is 600 g/mol. The molecule has 220 valence electrons. The van der Waals surface area contributed by atoms with Gasteiger partial charge in [0.1, 0.15) is 5.69 Å². The van der Waals surface area contributed by atoms with E-state index in [9.17, 15) is 0 Å². The topological polar surface area (TPSA) is 30.2 Å². The summed E-state index contributed by atoms with van der Waals surface area (Å²) in [5, 5.41) is 10.0. The van der Waals surface area contributed by atoms with Gasteiger partial charge in [-0.1, -0.05) is 158 Å². The summed E-state index contributed by atoms with van der Waals surface area (Å²) in [4.78, 5) is 4.53. The fourth-order valence-corrected chi connectivity index (χ4v) is 7.08. The summed E-state index contributed by atoms with van der Waals surface area (Å²) in [7, 11) is 0. The van der Waals surface area contributed by atoms with E-state index in [1.54, 1.807) is 6.20 Å². The molecule has 0 amide bonds. The van der Waals surface area contributed by atoms with Crippen LogP contribution in [0.2, 0.25) is 0 Å². The fraction of sp³-hybridized carbons (Fsp3) is 0. The maximum absolute atomic E-state index is 5.27. The lowest BCUT2D eigenvalue weighted by atomic mass is 9.86. The lowest BCUT2D eigenvalue weighted by Crippen LogP contribution is -1.92. The number of benzene rings is 7. The number of aromatic nitrogens is 3. The van der Waals surface area contributed by atoms with Crippen LogP contribution in [0.1, 0.15) is 0 Å². The molecule has 47 heavy (non-hydrogen) atoms. The molecule has 3 nitrogen and oxygen atoms in total. The van der Waals surface area contributed by atoms with E-state index in [4.69, 9.17) is 5.10 Å². The summed E-state index contributed by atoms with van der Waals surface area (Å²) in [6, 6.07) is 56.3. The van der Waals surface area contributed by atoms with Crippen LogP contribution >= 0.6 is 0 Å². The van der Waals surface area contributed by atoms with E-state index < -0.39 is 0 Å². The van der Waals surface area contributed by atoms with Gasteiger partial charge in [0, 0.05) is 23.5 Å². The molecule has 9 rings (SSSR count). The van der Waals surface area contributed by atoms with E-state index in [1.165, 1.54) is 54.9 Å². The van der Waals surface area contributed by atoms with E-state index in [0.717, 1.165) is 27.9 Å². The van der Waals surface area contributed by atoms with Crippen LogP contribution in [0.25, 0.3) is 82.8 Å². The molecule has 0 saturated carbocycles. The number of fused-ring (bicyclic) bond motifs is 3. The molecular formula is C44H29N3. The van der Waals surface area contributed by atoms with Crippen LogP contribution in [-0.2, 0) is 0 Å². The monoisotopic (exact) mass is 599 g/mol. The van der Waals surface area contributed by atoms with Crippen LogP contribution in [0.15, 0.2) is 176 Å². The third-order valence-electron chi connectivity index (χ3n) is 9.17. The Kier molecular flexibility index (Phi) is 6.46. The highest BCUT2D eigenvalue weighted by atomic mass is 15.2. The molecule has 0 aliphatic carbocycles. The lowest BCUT2D eigenvalue weighted by molar-refractivity contribution is 0.951. The molecule has 3 heteroatoms. The van der Waals surface area contributed by atoms with Crippen LogP contribution in [0.4, 0.5) is 0 Å². The second-order valence-electron chi connectivity index (χ2n) is 11.8. The van der Waals surface area contributed by atoms with Crippen molar-refractivity contribution in [3.8, 4) is 55.8 Å². The Labute approximate surface area is 273 Å². The minimum atomic E-state index is 0.947. The van der Waals surface area contributed by atoms with Crippen LogP contribution in [0, 0.1) is 0 Å². The van der Waals surface area contributed by atoms with Gasteiger partial charge in [0.15, 0.2) is 0 Å². The van der Waals surface area contributed by atoms with Crippen molar-refractivity contribution in [2.75, 3.05) is 0 Å². The fourth-order valence-electron chi connectivity index (χ4n) is 7.08. The number of nitrogens with zero attached hydrogens (tertiary/aromatic N) is 3. The van der Waals surface area contributed by atoms with Gasteiger partial charge >= 0.3 is 0 Å². The van der Waals surface area contributed by atoms with Crippen LogP contribution in [0.3, 0.4) is 0 Å². The van der Waals surface area contributed by atoms with E-state index in [0.29, 0.717) is 0 Å². The minimum Gasteiger partial charge on any atom is -0.261 e. The van der Waals surface area contributed by atoms with Crippen molar-refractivity contribution < 1.29 is 0 Å². The van der Waals surface area contributed by atoms with Gasteiger partial charge in [-0.2, -0.15) is 5.10 Å². The van der Waals surface area contributed by atoms with Gasteiger partial charge < -0.3 is 0 Å². The SMILES string of the molecule is c1ccc(-c2ccccc2-c2ccc(-c3c(-c4c5ccccc5c(-c5ccccc5)c5ccccc45)nn4ccncc34)cc2)cc1. The molecule has 0 aliphatic rings. The molecule has 0 radical (unpaired) electrons. The summed E-state index contributed by atoms with van der Waals surface area (Å²) in [5.74, 6) is 0. The molecule has 2 heterocycles. The van der Waals surface area contributed by atoms with Crippen molar-refractivity contribution in [2.45, 2.75) is 0 Å². The molecule has 0 aliphatic heterocycles. The largest absolute Gasteiger partial charge is 0.261 e. The Hall–Kier alpha value is -6.32. The highest BCUT2D eigenvalue weighted by Gasteiger charge is 2.23. The van der Waals surface area contributed by atoms with E-state index >= 15 is 0 Å². The first kappa shape index (κ1) is 27.0. The quantitative estimate of drug-likeness (QED) is 0.184. The summed E-state index contributed by atoms with van der Waals surface area (Å²) in [6.07, 6.45) is 5.66. The Balaban J connectivity index is 1.29. The summed E-state index contributed by atoms with van der Waals surface area (Å²) in [5.41, 5.74) is 12.5. The van der Waals surface area contributed by atoms with Crippen LogP contribution in [-0.4, -0.2) is 14.6 Å². The predicted octanol–water partition coefficient (Wildman–Crippen LogP) is 11.4. The molecular weight excluding hydrogens is 571 g/mol. The third-order valence-corrected chi connectivity index (χ3v) is 9.17. The van der Waals surface area contributed by atoms with Gasteiger partial charge in [0.05, 0.1) is 11.7 Å². The molecule has 0 bridgehead atoms. The van der Waals surface area contributed by atoms with Crippen molar-refractivity contribution in [1.82, 2.24) is 14.6 Å². The van der Waals surface area contributed by atoms with E-state index in [1.807, 2.05) is 16.9 Å². The first-order valence-corrected chi connectivity index (χ1v) is 15.9.